The van der Waals surface area contributed by atoms with Gasteiger partial charge in [0.25, 0.3) is 0 Å². The lowest BCUT2D eigenvalue weighted by Gasteiger charge is -2.00. The molecule has 1 heterocycles. The first-order valence-electron chi connectivity index (χ1n) is 5.51. The maximum atomic E-state index is 11.1. The van der Waals surface area contributed by atoms with Gasteiger partial charge < -0.3 is 0 Å². The fraction of sp³-hybridized carbons (Fsp3) is 0. The van der Waals surface area contributed by atoms with Crippen LogP contribution in [0.25, 0.3) is 17.2 Å². The minimum atomic E-state index is 0.757. The highest BCUT2D eigenvalue weighted by atomic mass is 79.9. The zero-order chi connectivity index (χ0) is 12.5. The molecule has 1 nitrogen and oxygen atoms in total. The number of carbonyl (C=O) groups is 1. The van der Waals surface area contributed by atoms with Gasteiger partial charge in [0.05, 0.1) is 3.79 Å². The number of rotatable bonds is 2. The number of thiophene rings is 1. The molecule has 0 N–H and O–H groups in total. The zero-order valence-corrected chi connectivity index (χ0v) is 11.8. The zero-order valence-electron chi connectivity index (χ0n) is 9.39. The largest absolute Gasteiger partial charge is 0.298 e. The first-order valence-corrected chi connectivity index (χ1v) is 7.12. The summed E-state index contributed by atoms with van der Waals surface area (Å²) in [5.74, 6) is 0. The number of aldehydes is 1. The molecule has 1 aliphatic carbocycles. The van der Waals surface area contributed by atoms with Crippen LogP contribution in [-0.4, -0.2) is 6.29 Å². The van der Waals surface area contributed by atoms with E-state index >= 15 is 0 Å². The third kappa shape index (κ3) is 2.00. The van der Waals surface area contributed by atoms with Gasteiger partial charge in [-0.2, -0.15) is 0 Å². The summed E-state index contributed by atoms with van der Waals surface area (Å²) in [5.41, 5.74) is 4.01. The number of benzene rings is 1. The van der Waals surface area contributed by atoms with Crippen LogP contribution in [-0.2, 0) is 4.79 Å². The van der Waals surface area contributed by atoms with E-state index in [-0.39, 0.29) is 0 Å². The molecule has 1 aliphatic rings. The number of halogens is 1. The van der Waals surface area contributed by atoms with Crippen LogP contribution in [0.1, 0.15) is 16.0 Å². The summed E-state index contributed by atoms with van der Waals surface area (Å²) in [4.78, 5) is 12.2. The Balaban J connectivity index is 2.12. The number of hydrogen-bond donors (Lipinski definition) is 0. The van der Waals surface area contributed by atoms with E-state index in [1.807, 2.05) is 30.3 Å². The molecule has 2 aromatic rings. The molecule has 0 atom stereocenters. The van der Waals surface area contributed by atoms with Gasteiger partial charge in [-0.05, 0) is 56.9 Å². The second-order valence-corrected chi connectivity index (χ2v) is 6.50. The van der Waals surface area contributed by atoms with Gasteiger partial charge >= 0.3 is 0 Å². The van der Waals surface area contributed by atoms with Gasteiger partial charge in [-0.25, -0.2) is 0 Å². The minimum absolute atomic E-state index is 0.757. The van der Waals surface area contributed by atoms with Gasteiger partial charge in [-0.3, -0.25) is 4.79 Å². The Hall–Kier alpha value is -1.45. The Morgan fingerprint density at radius 1 is 1.06 bits per heavy atom. The second-order valence-electron chi connectivity index (χ2n) is 4.00. The van der Waals surface area contributed by atoms with E-state index in [0.29, 0.717) is 0 Å². The van der Waals surface area contributed by atoms with E-state index in [0.717, 1.165) is 32.3 Å². The quantitative estimate of drug-likeness (QED) is 0.737. The van der Waals surface area contributed by atoms with Gasteiger partial charge in [-0.1, -0.05) is 24.3 Å². The summed E-state index contributed by atoms with van der Waals surface area (Å²) in [5, 5.41) is 0. The first-order chi connectivity index (χ1) is 8.78. The number of fused-ring (bicyclic) bond motifs is 1. The maximum absolute atomic E-state index is 11.1. The topological polar surface area (TPSA) is 17.1 Å². The fourth-order valence-corrected chi connectivity index (χ4v) is 3.46. The van der Waals surface area contributed by atoms with E-state index in [2.05, 4.69) is 34.1 Å². The van der Waals surface area contributed by atoms with E-state index in [4.69, 9.17) is 0 Å². The molecule has 0 saturated heterocycles. The average Bonchev–Trinajstić information content (AvgIpc) is 2.95. The maximum Gasteiger partial charge on any atom is 0.150 e. The standard InChI is InChI=1S/C15H9BrOS/c16-15-6-5-12(18-15)8-10-7-11(9-17)14-4-2-1-3-13(10)14/h1-9H/b10-8+. The lowest BCUT2D eigenvalue weighted by atomic mass is 10.0. The second kappa shape index (κ2) is 4.67. The third-order valence-electron chi connectivity index (χ3n) is 2.88. The smallest absolute Gasteiger partial charge is 0.150 e. The molecule has 0 amide bonds. The van der Waals surface area contributed by atoms with E-state index in [1.54, 1.807) is 11.3 Å². The van der Waals surface area contributed by atoms with Crippen molar-refractivity contribution in [3.63, 3.8) is 0 Å². The number of carbonyl (C=O) groups excluding carboxylic acids is 1. The van der Waals surface area contributed by atoms with Gasteiger partial charge in [0.2, 0.25) is 0 Å². The molecule has 3 heteroatoms. The number of hydrogen-bond acceptors (Lipinski definition) is 2. The highest BCUT2D eigenvalue weighted by molar-refractivity contribution is 9.11. The van der Waals surface area contributed by atoms with Crippen molar-refractivity contribution in [2.45, 2.75) is 0 Å². The molecule has 0 fully saturated rings. The van der Waals surface area contributed by atoms with Gasteiger partial charge in [0.15, 0.2) is 6.29 Å². The summed E-state index contributed by atoms with van der Waals surface area (Å²) in [7, 11) is 0. The van der Waals surface area contributed by atoms with Crippen molar-refractivity contribution in [3.8, 4) is 0 Å². The van der Waals surface area contributed by atoms with Crippen molar-refractivity contribution in [2.24, 2.45) is 0 Å². The molecule has 1 aromatic heterocycles. The molecule has 3 rings (SSSR count). The normalized spacial score (nSPS) is 15.6. The summed E-state index contributed by atoms with van der Waals surface area (Å²) >= 11 is 5.14. The molecule has 18 heavy (non-hydrogen) atoms. The molecule has 1 aromatic carbocycles. The molecule has 0 unspecified atom stereocenters. The Bertz CT molecular complexity index is 679. The predicted molar refractivity (Wildman–Crippen MR) is 80.4 cm³/mol. The molecule has 0 radical (unpaired) electrons. The predicted octanol–water partition coefficient (Wildman–Crippen LogP) is 4.65. The summed E-state index contributed by atoms with van der Waals surface area (Å²) in [6, 6.07) is 12.1. The third-order valence-corrected chi connectivity index (χ3v) is 4.45. The van der Waals surface area contributed by atoms with Crippen LogP contribution in [0.4, 0.5) is 0 Å². The summed E-state index contributed by atoms with van der Waals surface area (Å²) in [6.07, 6.45) is 4.99. The van der Waals surface area contributed by atoms with Gasteiger partial charge in [0, 0.05) is 10.5 Å². The SMILES string of the molecule is O=CC1=C/C(=C\c2ccc(Br)s2)c2ccccc21. The first kappa shape index (κ1) is 11.6. The van der Waals surface area contributed by atoms with Crippen LogP contribution < -0.4 is 0 Å². The minimum Gasteiger partial charge on any atom is -0.298 e. The summed E-state index contributed by atoms with van der Waals surface area (Å²) in [6.45, 7) is 0. The molecule has 0 saturated carbocycles. The van der Waals surface area contributed by atoms with Crippen molar-refractivity contribution < 1.29 is 4.79 Å². The van der Waals surface area contributed by atoms with E-state index < -0.39 is 0 Å². The van der Waals surface area contributed by atoms with Crippen molar-refractivity contribution in [1.82, 2.24) is 0 Å². The molecular weight excluding hydrogens is 308 g/mol. The highest BCUT2D eigenvalue weighted by Gasteiger charge is 2.17. The van der Waals surface area contributed by atoms with Crippen LogP contribution in [0, 0.1) is 0 Å². The molecular formula is C15H9BrOS. The average molecular weight is 317 g/mol. The van der Waals surface area contributed by atoms with E-state index in [1.165, 1.54) is 4.88 Å². The lowest BCUT2D eigenvalue weighted by molar-refractivity contribution is -0.103. The Kier molecular flexibility index (Phi) is 3.02. The van der Waals surface area contributed by atoms with Crippen LogP contribution in [0.5, 0.6) is 0 Å². The van der Waals surface area contributed by atoms with Crippen molar-refractivity contribution >= 4 is 50.8 Å². The summed E-state index contributed by atoms with van der Waals surface area (Å²) < 4.78 is 1.11. The Morgan fingerprint density at radius 2 is 1.83 bits per heavy atom. The molecule has 0 aliphatic heterocycles. The van der Waals surface area contributed by atoms with Crippen LogP contribution in [0.2, 0.25) is 0 Å². The van der Waals surface area contributed by atoms with Gasteiger partial charge in [0.1, 0.15) is 0 Å². The molecule has 0 bridgehead atoms. The Morgan fingerprint density at radius 3 is 2.50 bits per heavy atom. The Labute approximate surface area is 118 Å². The lowest BCUT2D eigenvalue weighted by Crippen LogP contribution is -1.83. The van der Waals surface area contributed by atoms with Crippen molar-refractivity contribution in [1.29, 1.82) is 0 Å². The van der Waals surface area contributed by atoms with Crippen LogP contribution in [0.15, 0.2) is 46.3 Å². The van der Waals surface area contributed by atoms with Crippen LogP contribution >= 0.6 is 27.3 Å². The van der Waals surface area contributed by atoms with Crippen molar-refractivity contribution in [3.05, 3.63) is 62.3 Å². The highest BCUT2D eigenvalue weighted by Crippen LogP contribution is 2.36. The molecule has 0 spiro atoms. The molecule has 88 valence electrons. The van der Waals surface area contributed by atoms with Crippen molar-refractivity contribution in [2.75, 3.05) is 0 Å². The number of allylic oxidation sites excluding steroid dienone is 3. The van der Waals surface area contributed by atoms with Gasteiger partial charge in [-0.15, -0.1) is 11.3 Å². The van der Waals surface area contributed by atoms with Crippen LogP contribution in [0.3, 0.4) is 0 Å². The fourth-order valence-electron chi connectivity index (χ4n) is 2.09. The monoisotopic (exact) mass is 316 g/mol. The van der Waals surface area contributed by atoms with E-state index in [9.17, 15) is 4.79 Å².